The van der Waals surface area contributed by atoms with Crippen LogP contribution in [0.3, 0.4) is 0 Å². The maximum atomic E-state index is 8.34. The summed E-state index contributed by atoms with van der Waals surface area (Å²) in [5.74, 6) is 0. The Kier molecular flexibility index (Phi) is 7.56. The van der Waals surface area contributed by atoms with Crippen LogP contribution in [0.4, 0.5) is 0 Å². The van der Waals surface area contributed by atoms with E-state index in [9.17, 15) is 0 Å². The Morgan fingerprint density at radius 1 is 1.00 bits per heavy atom. The number of aliphatic hydroxyl groups is 3. The second kappa shape index (κ2) is 5.49. The van der Waals surface area contributed by atoms with Gasteiger partial charge in [-0.3, -0.25) is 0 Å². The average molecular weight is 239 g/mol. The van der Waals surface area contributed by atoms with Crippen molar-refractivity contribution >= 4 is 25.8 Å². The van der Waals surface area contributed by atoms with Crippen molar-refractivity contribution in [2.24, 2.45) is 5.73 Å². The van der Waals surface area contributed by atoms with Crippen LogP contribution in [-0.2, 0) is 0 Å². The number of hydrogen-bond acceptors (Lipinski definition) is 4. The van der Waals surface area contributed by atoms with Gasteiger partial charge in [0.05, 0.1) is 25.4 Å². The molecule has 0 saturated heterocycles. The first kappa shape index (κ1) is 12.4. The van der Waals surface area contributed by atoms with Crippen molar-refractivity contribution in [3.05, 3.63) is 0 Å². The molecule has 56 valence electrons. The van der Waals surface area contributed by atoms with Crippen molar-refractivity contribution in [2.45, 2.75) is 5.54 Å². The summed E-state index contributed by atoms with van der Waals surface area (Å²) in [6.07, 6.45) is 0. The zero-order chi connectivity index (χ0) is 6.62. The molecule has 0 aromatic rings. The zero-order valence-electron chi connectivity index (χ0n) is 4.54. The van der Waals surface area contributed by atoms with Crippen LogP contribution < -0.4 is 5.73 Å². The number of hydrogen-bond donors (Lipinski definition) is 4. The number of nitrogens with two attached hydrogens (primary N) is 1. The molecule has 0 amide bonds. The molecule has 0 aromatic carbocycles. The van der Waals surface area contributed by atoms with Gasteiger partial charge in [-0.15, -0.1) is 0 Å². The summed E-state index contributed by atoms with van der Waals surface area (Å²) in [7, 11) is 0. The van der Waals surface area contributed by atoms with E-state index in [4.69, 9.17) is 21.1 Å². The third kappa shape index (κ3) is 4.16. The van der Waals surface area contributed by atoms with E-state index in [1.807, 2.05) is 0 Å². The van der Waals surface area contributed by atoms with E-state index in [2.05, 4.69) is 0 Å². The van der Waals surface area contributed by atoms with Crippen LogP contribution >= 0.6 is 0 Å². The molecule has 0 heterocycles. The molecular formula is C4H14InNO3. The summed E-state index contributed by atoms with van der Waals surface area (Å²) < 4.78 is 0. The summed E-state index contributed by atoms with van der Waals surface area (Å²) in [5.41, 5.74) is 3.94. The van der Waals surface area contributed by atoms with Gasteiger partial charge < -0.3 is 21.1 Å². The molecule has 0 saturated carbocycles. The summed E-state index contributed by atoms with van der Waals surface area (Å²) in [4.78, 5) is 0. The molecule has 4 nitrogen and oxygen atoms in total. The van der Waals surface area contributed by atoms with Crippen LogP contribution in [0, 0.1) is 0 Å². The van der Waals surface area contributed by atoms with Crippen molar-refractivity contribution in [2.75, 3.05) is 19.8 Å². The van der Waals surface area contributed by atoms with E-state index in [0.29, 0.717) is 0 Å². The summed E-state index contributed by atoms with van der Waals surface area (Å²) >= 11 is 0. The van der Waals surface area contributed by atoms with Gasteiger partial charge in [0.1, 0.15) is 0 Å². The standard InChI is InChI=1S/C4H11NO3.In.3H/c5-4(1-6,2-7)3-8;;;;/h6-8H,1-3,5H2;;;;. The molecule has 0 aliphatic heterocycles. The van der Waals surface area contributed by atoms with E-state index in [1.54, 1.807) is 0 Å². The van der Waals surface area contributed by atoms with Gasteiger partial charge in [0.25, 0.3) is 0 Å². The van der Waals surface area contributed by atoms with E-state index in [0.717, 1.165) is 0 Å². The molecule has 0 bridgehead atoms. The predicted molar refractivity (Wildman–Crippen MR) is 38.1 cm³/mol. The Balaban J connectivity index is 0. The minimum atomic E-state index is -1.21. The minimum absolute atomic E-state index is 0. The van der Waals surface area contributed by atoms with Crippen LogP contribution in [0.2, 0.25) is 0 Å². The van der Waals surface area contributed by atoms with Crippen LogP contribution in [0.15, 0.2) is 0 Å². The van der Waals surface area contributed by atoms with Gasteiger partial charge in [0, 0.05) is 0 Å². The van der Waals surface area contributed by atoms with Gasteiger partial charge in [0.15, 0.2) is 0 Å². The monoisotopic (exact) mass is 239 g/mol. The first-order valence-corrected chi connectivity index (χ1v) is 2.30. The van der Waals surface area contributed by atoms with Gasteiger partial charge in [-0.05, 0) is 0 Å². The van der Waals surface area contributed by atoms with Crippen molar-refractivity contribution in [1.29, 1.82) is 0 Å². The van der Waals surface area contributed by atoms with Crippen LogP contribution in [0.5, 0.6) is 0 Å². The Bertz CT molecular complexity index is 58.6. The van der Waals surface area contributed by atoms with E-state index in [-0.39, 0.29) is 25.8 Å². The third-order valence-corrected chi connectivity index (χ3v) is 0.945. The molecule has 0 radical (unpaired) electrons. The summed E-state index contributed by atoms with van der Waals surface area (Å²) in [5, 5.41) is 25.0. The topological polar surface area (TPSA) is 86.7 Å². The van der Waals surface area contributed by atoms with Crippen molar-refractivity contribution in [3.8, 4) is 0 Å². The van der Waals surface area contributed by atoms with Crippen molar-refractivity contribution in [3.63, 3.8) is 0 Å². The van der Waals surface area contributed by atoms with Gasteiger partial charge in [-0.2, -0.15) is 0 Å². The van der Waals surface area contributed by atoms with Gasteiger partial charge in [-0.1, -0.05) is 0 Å². The van der Waals surface area contributed by atoms with Crippen molar-refractivity contribution in [1.82, 2.24) is 0 Å². The molecule has 0 atom stereocenters. The number of rotatable bonds is 3. The summed E-state index contributed by atoms with van der Waals surface area (Å²) in [6.45, 7) is -1.21. The molecule has 0 fully saturated rings. The average Bonchev–Trinajstić information content (AvgIpc) is 1.87. The number of aliphatic hydroxyl groups excluding tert-OH is 3. The Morgan fingerprint density at radius 3 is 1.22 bits per heavy atom. The molecule has 0 aromatic heterocycles. The summed E-state index contributed by atoms with van der Waals surface area (Å²) in [6, 6.07) is 0. The Labute approximate surface area is 72.5 Å². The molecule has 9 heavy (non-hydrogen) atoms. The first-order chi connectivity index (χ1) is 3.68. The maximum absolute atomic E-state index is 8.34. The molecule has 0 aliphatic carbocycles. The van der Waals surface area contributed by atoms with Crippen LogP contribution in [-0.4, -0.2) is 66.5 Å². The normalized spacial score (nSPS) is 10.7. The van der Waals surface area contributed by atoms with Crippen molar-refractivity contribution < 1.29 is 15.3 Å². The SMILES string of the molecule is NC(CO)(CO)CO.[InH3]. The molecule has 0 unspecified atom stereocenters. The first-order valence-electron chi connectivity index (χ1n) is 2.30. The second-order valence-electron chi connectivity index (χ2n) is 1.84. The van der Waals surface area contributed by atoms with Gasteiger partial charge in [-0.25, -0.2) is 0 Å². The molecule has 0 rings (SSSR count). The zero-order valence-corrected chi connectivity index (χ0v) is 4.54. The molecule has 0 aliphatic rings. The third-order valence-electron chi connectivity index (χ3n) is 0.945. The molecule has 0 spiro atoms. The van der Waals surface area contributed by atoms with Gasteiger partial charge >= 0.3 is 25.8 Å². The Morgan fingerprint density at radius 2 is 1.22 bits per heavy atom. The van der Waals surface area contributed by atoms with E-state index >= 15 is 0 Å². The van der Waals surface area contributed by atoms with Crippen LogP contribution in [0.1, 0.15) is 0 Å². The predicted octanol–water partition coefficient (Wildman–Crippen LogP) is -3.52. The quantitative estimate of drug-likeness (QED) is 0.411. The van der Waals surface area contributed by atoms with Crippen LogP contribution in [0.25, 0.3) is 0 Å². The molecular weight excluding hydrogens is 225 g/mol. The van der Waals surface area contributed by atoms with E-state index < -0.39 is 25.4 Å². The fraction of sp³-hybridized carbons (Fsp3) is 1.00. The Hall–Kier alpha value is 0.710. The fourth-order valence-corrected chi connectivity index (χ4v) is 0.150. The molecule has 5 heteroatoms. The fourth-order valence-electron chi connectivity index (χ4n) is 0.150. The van der Waals surface area contributed by atoms with Gasteiger partial charge in [0.2, 0.25) is 0 Å². The molecule has 5 N–H and O–H groups in total. The van der Waals surface area contributed by atoms with E-state index in [1.165, 1.54) is 0 Å². The second-order valence-corrected chi connectivity index (χ2v) is 1.84.